The number of para-hydroxylation sites is 1. The van der Waals surface area contributed by atoms with Crippen molar-refractivity contribution in [2.24, 2.45) is 0 Å². The van der Waals surface area contributed by atoms with Crippen molar-refractivity contribution < 1.29 is 9.59 Å². The summed E-state index contributed by atoms with van der Waals surface area (Å²) >= 11 is 1.49. The third kappa shape index (κ3) is 4.71. The highest BCUT2D eigenvalue weighted by Crippen LogP contribution is 2.25. The Balaban J connectivity index is 1.54. The van der Waals surface area contributed by atoms with Crippen molar-refractivity contribution in [3.05, 3.63) is 57.0 Å². The molecule has 1 aromatic carbocycles. The Labute approximate surface area is 172 Å². The Kier molecular flexibility index (Phi) is 6.43. The molecule has 2 amide bonds. The molecule has 3 aromatic rings. The quantitative estimate of drug-likeness (QED) is 0.624. The zero-order chi connectivity index (χ0) is 21.0. The zero-order valence-corrected chi connectivity index (χ0v) is 17.6. The van der Waals surface area contributed by atoms with Gasteiger partial charge in [0.15, 0.2) is 0 Å². The molecule has 0 bridgehead atoms. The molecular weight excluding hydrogens is 388 g/mol. The average molecular weight is 413 g/mol. The molecule has 0 aliphatic heterocycles. The summed E-state index contributed by atoms with van der Waals surface area (Å²) in [5, 5.41) is 6.02. The Morgan fingerprint density at radius 3 is 2.69 bits per heavy atom. The topological polar surface area (TPSA) is 93.1 Å². The number of amides is 2. The van der Waals surface area contributed by atoms with Crippen molar-refractivity contribution in [1.82, 2.24) is 14.9 Å². The van der Waals surface area contributed by atoms with E-state index in [1.165, 1.54) is 22.2 Å². The third-order valence-electron chi connectivity index (χ3n) is 4.85. The van der Waals surface area contributed by atoms with E-state index in [0.717, 1.165) is 32.9 Å². The summed E-state index contributed by atoms with van der Waals surface area (Å²) in [6.07, 6.45) is 2.37. The lowest BCUT2D eigenvalue weighted by molar-refractivity contribution is -0.124. The van der Waals surface area contributed by atoms with E-state index in [9.17, 15) is 14.4 Å². The number of hydrogen-bond acceptors (Lipinski definition) is 5. The molecule has 29 heavy (non-hydrogen) atoms. The number of anilines is 1. The second kappa shape index (κ2) is 9.00. The minimum absolute atomic E-state index is 0.0914. The number of benzene rings is 1. The largest absolute Gasteiger partial charge is 0.347 e. The standard InChI is InChI=1S/C21H24N4O3S/c1-4-15-7-5-6-8-16(15)24-18(27)11-22-17(26)9-10-25-12-23-20-19(21(25)28)13(2)14(3)29-20/h5-8,12H,4,9-11H2,1-3H3,(H,22,26)(H,24,27). The van der Waals surface area contributed by atoms with Crippen LogP contribution in [0.25, 0.3) is 10.2 Å². The van der Waals surface area contributed by atoms with Crippen LogP contribution in [0.15, 0.2) is 35.4 Å². The summed E-state index contributed by atoms with van der Waals surface area (Å²) in [6.45, 7) is 5.97. The van der Waals surface area contributed by atoms with Crippen LogP contribution in [-0.4, -0.2) is 27.9 Å². The van der Waals surface area contributed by atoms with Gasteiger partial charge < -0.3 is 10.6 Å². The van der Waals surface area contributed by atoms with Crippen LogP contribution < -0.4 is 16.2 Å². The van der Waals surface area contributed by atoms with Gasteiger partial charge >= 0.3 is 0 Å². The Morgan fingerprint density at radius 2 is 1.93 bits per heavy atom. The van der Waals surface area contributed by atoms with E-state index < -0.39 is 0 Å². The van der Waals surface area contributed by atoms with Gasteiger partial charge in [0.2, 0.25) is 11.8 Å². The van der Waals surface area contributed by atoms with Gasteiger partial charge in [0, 0.05) is 23.5 Å². The first kappa shape index (κ1) is 20.7. The maximum absolute atomic E-state index is 12.6. The van der Waals surface area contributed by atoms with Gasteiger partial charge in [-0.1, -0.05) is 25.1 Å². The SMILES string of the molecule is CCc1ccccc1NC(=O)CNC(=O)CCn1cnc2sc(C)c(C)c2c1=O. The van der Waals surface area contributed by atoms with Gasteiger partial charge in [0.05, 0.1) is 18.3 Å². The van der Waals surface area contributed by atoms with E-state index >= 15 is 0 Å². The number of nitrogens with zero attached hydrogens (tertiary/aromatic N) is 2. The molecule has 7 nitrogen and oxygen atoms in total. The minimum Gasteiger partial charge on any atom is -0.347 e. The van der Waals surface area contributed by atoms with Crippen LogP contribution in [0.1, 0.15) is 29.3 Å². The maximum Gasteiger partial charge on any atom is 0.262 e. The highest BCUT2D eigenvalue weighted by atomic mass is 32.1. The molecule has 2 N–H and O–H groups in total. The van der Waals surface area contributed by atoms with E-state index in [2.05, 4.69) is 15.6 Å². The van der Waals surface area contributed by atoms with Crippen LogP contribution >= 0.6 is 11.3 Å². The number of hydrogen-bond donors (Lipinski definition) is 2. The van der Waals surface area contributed by atoms with Crippen molar-refractivity contribution in [2.45, 2.75) is 40.2 Å². The lowest BCUT2D eigenvalue weighted by Gasteiger charge is -2.10. The number of rotatable bonds is 7. The number of carbonyl (C=O) groups excluding carboxylic acids is 2. The number of carbonyl (C=O) groups is 2. The Hall–Kier alpha value is -3.00. The summed E-state index contributed by atoms with van der Waals surface area (Å²) in [7, 11) is 0. The third-order valence-corrected chi connectivity index (χ3v) is 5.97. The van der Waals surface area contributed by atoms with Crippen LogP contribution in [0.3, 0.4) is 0 Å². The van der Waals surface area contributed by atoms with Crippen molar-refractivity contribution in [3.8, 4) is 0 Å². The fourth-order valence-electron chi connectivity index (χ4n) is 3.06. The van der Waals surface area contributed by atoms with E-state index in [-0.39, 0.29) is 36.9 Å². The molecule has 0 saturated heterocycles. The van der Waals surface area contributed by atoms with E-state index in [1.807, 2.05) is 45.0 Å². The number of aryl methyl sites for hydroxylation is 4. The number of fused-ring (bicyclic) bond motifs is 1. The molecule has 0 atom stereocenters. The summed E-state index contributed by atoms with van der Waals surface area (Å²) in [5.41, 5.74) is 2.58. The first-order valence-corrected chi connectivity index (χ1v) is 10.3. The van der Waals surface area contributed by atoms with Crippen LogP contribution in [0.2, 0.25) is 0 Å². The second-order valence-electron chi connectivity index (χ2n) is 6.79. The summed E-state index contributed by atoms with van der Waals surface area (Å²) < 4.78 is 1.44. The molecule has 152 valence electrons. The predicted octanol–water partition coefficient (Wildman–Crippen LogP) is 2.78. The minimum atomic E-state index is -0.297. The average Bonchev–Trinajstić information content (AvgIpc) is 3.00. The Bertz CT molecular complexity index is 1120. The molecule has 0 fully saturated rings. The molecule has 0 radical (unpaired) electrons. The first-order valence-electron chi connectivity index (χ1n) is 9.50. The molecule has 0 unspecified atom stereocenters. The molecule has 0 aliphatic carbocycles. The van der Waals surface area contributed by atoms with Gasteiger partial charge in [-0.15, -0.1) is 11.3 Å². The molecule has 3 rings (SSSR count). The fourth-order valence-corrected chi connectivity index (χ4v) is 4.05. The molecule has 0 aliphatic rings. The molecule has 8 heteroatoms. The van der Waals surface area contributed by atoms with Gasteiger partial charge in [-0.25, -0.2) is 4.98 Å². The van der Waals surface area contributed by atoms with Crippen molar-refractivity contribution >= 4 is 39.1 Å². The van der Waals surface area contributed by atoms with E-state index in [1.54, 1.807) is 0 Å². The lowest BCUT2D eigenvalue weighted by Crippen LogP contribution is -2.34. The fraction of sp³-hybridized carbons (Fsp3) is 0.333. The molecule has 2 aromatic heterocycles. The number of nitrogens with one attached hydrogen (secondary N) is 2. The summed E-state index contributed by atoms with van der Waals surface area (Å²) in [5.74, 6) is -0.585. The molecule has 0 spiro atoms. The zero-order valence-electron chi connectivity index (χ0n) is 16.7. The van der Waals surface area contributed by atoms with Crippen molar-refractivity contribution in [3.63, 3.8) is 0 Å². The summed E-state index contributed by atoms with van der Waals surface area (Å²) in [4.78, 5) is 43.0. The van der Waals surface area contributed by atoms with Crippen LogP contribution in [0.4, 0.5) is 5.69 Å². The second-order valence-corrected chi connectivity index (χ2v) is 8.00. The smallest absolute Gasteiger partial charge is 0.262 e. The van der Waals surface area contributed by atoms with Crippen LogP contribution in [0, 0.1) is 13.8 Å². The monoisotopic (exact) mass is 412 g/mol. The summed E-state index contributed by atoms with van der Waals surface area (Å²) in [6, 6.07) is 7.56. The van der Waals surface area contributed by atoms with Gasteiger partial charge in [-0.05, 0) is 37.5 Å². The molecule has 0 saturated carbocycles. The predicted molar refractivity (Wildman–Crippen MR) is 115 cm³/mol. The normalized spacial score (nSPS) is 10.9. The van der Waals surface area contributed by atoms with Gasteiger partial charge in [-0.2, -0.15) is 0 Å². The lowest BCUT2D eigenvalue weighted by atomic mass is 10.1. The van der Waals surface area contributed by atoms with Crippen LogP contribution in [-0.2, 0) is 22.6 Å². The first-order chi connectivity index (χ1) is 13.9. The highest BCUT2D eigenvalue weighted by Gasteiger charge is 2.13. The Morgan fingerprint density at radius 1 is 1.17 bits per heavy atom. The van der Waals surface area contributed by atoms with Gasteiger partial charge in [0.25, 0.3) is 5.56 Å². The van der Waals surface area contributed by atoms with E-state index in [0.29, 0.717) is 5.39 Å². The number of aromatic nitrogens is 2. The molecular formula is C21H24N4O3S. The van der Waals surface area contributed by atoms with Crippen molar-refractivity contribution in [1.29, 1.82) is 0 Å². The molecule has 2 heterocycles. The number of thiophene rings is 1. The van der Waals surface area contributed by atoms with E-state index in [4.69, 9.17) is 0 Å². The maximum atomic E-state index is 12.6. The highest BCUT2D eigenvalue weighted by molar-refractivity contribution is 7.18. The van der Waals surface area contributed by atoms with Crippen molar-refractivity contribution in [2.75, 3.05) is 11.9 Å². The van der Waals surface area contributed by atoms with Gasteiger partial charge in [0.1, 0.15) is 4.83 Å². The van der Waals surface area contributed by atoms with Gasteiger partial charge in [-0.3, -0.25) is 19.0 Å². The van der Waals surface area contributed by atoms with Crippen LogP contribution in [0.5, 0.6) is 0 Å².